The molecule has 7 nitrogen and oxygen atoms in total. The van der Waals surface area contributed by atoms with Gasteiger partial charge in [-0.25, -0.2) is 4.98 Å². The zero-order chi connectivity index (χ0) is 16.1. The van der Waals surface area contributed by atoms with E-state index >= 15 is 0 Å². The normalized spacial score (nSPS) is 22.7. The number of carbonyl (C=O) groups is 1. The fourth-order valence-electron chi connectivity index (χ4n) is 3.00. The first-order valence-electron chi connectivity index (χ1n) is 8.17. The summed E-state index contributed by atoms with van der Waals surface area (Å²) in [6.45, 7) is 3.97. The second-order valence-corrected chi connectivity index (χ2v) is 5.86. The first-order valence-corrected chi connectivity index (χ1v) is 8.17. The highest BCUT2D eigenvalue weighted by Gasteiger charge is 2.29. The quantitative estimate of drug-likeness (QED) is 0.772. The molecule has 0 aromatic carbocycles. The van der Waals surface area contributed by atoms with Gasteiger partial charge in [-0.2, -0.15) is 0 Å². The molecule has 9 heteroatoms. The molecule has 3 heterocycles. The predicted molar refractivity (Wildman–Crippen MR) is 101 cm³/mol. The molecule has 3 rings (SSSR count). The molecule has 1 amide bonds. The number of morpholine rings is 1. The van der Waals surface area contributed by atoms with Crippen molar-refractivity contribution in [2.24, 2.45) is 5.73 Å². The fraction of sp³-hybridized carbons (Fsp3) is 0.625. The summed E-state index contributed by atoms with van der Waals surface area (Å²) in [5, 5.41) is 2.96. The minimum Gasteiger partial charge on any atom is -0.378 e. The van der Waals surface area contributed by atoms with E-state index in [2.05, 4.69) is 15.2 Å². The number of anilines is 1. The summed E-state index contributed by atoms with van der Waals surface area (Å²) in [6.07, 6.45) is 2.99. The van der Waals surface area contributed by atoms with Gasteiger partial charge in [0.1, 0.15) is 11.9 Å². The molecule has 0 bridgehead atoms. The maximum Gasteiger partial charge on any atom is 0.249 e. The van der Waals surface area contributed by atoms with Gasteiger partial charge in [0.25, 0.3) is 0 Å². The molecule has 0 unspecified atom stereocenters. The Kier molecular flexibility index (Phi) is 9.45. The van der Waals surface area contributed by atoms with E-state index in [-0.39, 0.29) is 42.9 Å². The summed E-state index contributed by atoms with van der Waals surface area (Å²) >= 11 is 0. The summed E-state index contributed by atoms with van der Waals surface area (Å²) in [7, 11) is 0. The molecule has 1 aromatic heterocycles. The van der Waals surface area contributed by atoms with E-state index in [9.17, 15) is 4.79 Å². The second kappa shape index (κ2) is 10.8. The van der Waals surface area contributed by atoms with Crippen molar-refractivity contribution in [2.45, 2.75) is 31.6 Å². The fourth-order valence-corrected chi connectivity index (χ4v) is 3.00. The number of nitrogens with two attached hydrogens (primary N) is 1. The number of halogens is 2. The van der Waals surface area contributed by atoms with Crippen LogP contribution < -0.4 is 16.0 Å². The number of hydrogen-bond donors (Lipinski definition) is 2. The first kappa shape index (κ1) is 21.9. The average Bonchev–Trinajstić information content (AvgIpc) is 3.10. The Hall–Kier alpha value is -1.12. The Labute approximate surface area is 160 Å². The monoisotopic (exact) mass is 392 g/mol. The van der Waals surface area contributed by atoms with Gasteiger partial charge in [0, 0.05) is 37.9 Å². The minimum absolute atomic E-state index is 0. The Morgan fingerprint density at radius 3 is 2.76 bits per heavy atom. The molecule has 2 saturated heterocycles. The summed E-state index contributed by atoms with van der Waals surface area (Å²) < 4.78 is 11.0. The molecule has 25 heavy (non-hydrogen) atoms. The van der Waals surface area contributed by atoms with Crippen molar-refractivity contribution >= 4 is 36.5 Å². The van der Waals surface area contributed by atoms with Gasteiger partial charge in [0.15, 0.2) is 0 Å². The number of aromatic nitrogens is 1. The van der Waals surface area contributed by atoms with E-state index in [0.29, 0.717) is 26.3 Å². The number of carbonyl (C=O) groups excluding carboxylic acids is 1. The molecule has 0 radical (unpaired) electrons. The summed E-state index contributed by atoms with van der Waals surface area (Å²) in [5.41, 5.74) is 6.59. The van der Waals surface area contributed by atoms with E-state index in [1.54, 1.807) is 6.20 Å². The van der Waals surface area contributed by atoms with E-state index in [4.69, 9.17) is 15.2 Å². The standard InChI is InChI=1S/C16H24N4O3.2ClH/c17-10-13-3-4-14(23-13)16(21)19-11-12-2-1-5-18-15(12)20-6-8-22-9-7-20;;/h1-2,5,13-14H,3-4,6-11,17H2,(H,19,21);2*1H/t13-,14+;;/m1../s1. The van der Waals surface area contributed by atoms with Crippen LogP contribution in [-0.4, -0.2) is 55.9 Å². The highest BCUT2D eigenvalue weighted by molar-refractivity contribution is 5.85. The minimum atomic E-state index is -0.382. The first-order chi connectivity index (χ1) is 11.3. The lowest BCUT2D eigenvalue weighted by atomic mass is 10.2. The number of pyridine rings is 1. The van der Waals surface area contributed by atoms with E-state index in [0.717, 1.165) is 37.3 Å². The molecule has 0 aliphatic carbocycles. The molecule has 3 N–H and O–H groups in total. The lowest BCUT2D eigenvalue weighted by molar-refractivity contribution is -0.132. The third kappa shape index (κ3) is 5.69. The molecule has 2 atom stereocenters. The van der Waals surface area contributed by atoms with Gasteiger partial charge in [-0.05, 0) is 18.9 Å². The number of amides is 1. The van der Waals surface area contributed by atoms with Crippen LogP contribution in [0.3, 0.4) is 0 Å². The predicted octanol–water partition coefficient (Wildman–Crippen LogP) is 0.884. The molecule has 2 aliphatic rings. The molecular formula is C16H26Cl2N4O3. The van der Waals surface area contributed by atoms with Gasteiger partial charge < -0.3 is 25.4 Å². The highest BCUT2D eigenvalue weighted by atomic mass is 35.5. The Morgan fingerprint density at radius 1 is 1.32 bits per heavy atom. The number of nitrogens with one attached hydrogen (secondary N) is 1. The molecule has 1 aromatic rings. The zero-order valence-corrected chi connectivity index (χ0v) is 15.7. The lowest BCUT2D eigenvalue weighted by Gasteiger charge is -2.29. The smallest absolute Gasteiger partial charge is 0.249 e. The van der Waals surface area contributed by atoms with Crippen molar-refractivity contribution in [2.75, 3.05) is 37.7 Å². The number of ether oxygens (including phenoxy) is 2. The molecule has 2 aliphatic heterocycles. The summed E-state index contributed by atoms with van der Waals surface area (Å²) in [5.74, 6) is 0.848. The lowest BCUT2D eigenvalue weighted by Crippen LogP contribution is -2.38. The third-order valence-corrected chi connectivity index (χ3v) is 4.29. The van der Waals surface area contributed by atoms with Crippen LogP contribution in [0.2, 0.25) is 0 Å². The zero-order valence-electron chi connectivity index (χ0n) is 14.1. The number of hydrogen-bond acceptors (Lipinski definition) is 6. The van der Waals surface area contributed by atoms with Crippen LogP contribution in [0.5, 0.6) is 0 Å². The van der Waals surface area contributed by atoms with Crippen LogP contribution in [0.15, 0.2) is 18.3 Å². The molecule has 0 spiro atoms. The van der Waals surface area contributed by atoms with Gasteiger partial charge in [-0.1, -0.05) is 6.07 Å². The SMILES string of the molecule is Cl.Cl.NC[C@H]1CC[C@@H](C(=O)NCc2cccnc2N2CCOCC2)O1. The van der Waals surface area contributed by atoms with Gasteiger partial charge in [0.05, 0.1) is 19.3 Å². The summed E-state index contributed by atoms with van der Waals surface area (Å²) in [6, 6.07) is 3.89. The Morgan fingerprint density at radius 2 is 2.08 bits per heavy atom. The van der Waals surface area contributed by atoms with Crippen LogP contribution in [0.1, 0.15) is 18.4 Å². The summed E-state index contributed by atoms with van der Waals surface area (Å²) in [4.78, 5) is 18.9. The molecular weight excluding hydrogens is 367 g/mol. The topological polar surface area (TPSA) is 89.7 Å². The Balaban J connectivity index is 0.00000156. The molecule has 0 saturated carbocycles. The molecule has 142 valence electrons. The van der Waals surface area contributed by atoms with Gasteiger partial charge in [-0.15, -0.1) is 24.8 Å². The highest BCUT2D eigenvalue weighted by Crippen LogP contribution is 2.20. The van der Waals surface area contributed by atoms with Crippen molar-refractivity contribution in [1.29, 1.82) is 0 Å². The maximum absolute atomic E-state index is 12.2. The van der Waals surface area contributed by atoms with Crippen LogP contribution >= 0.6 is 24.8 Å². The largest absolute Gasteiger partial charge is 0.378 e. The van der Waals surface area contributed by atoms with Crippen molar-refractivity contribution in [3.8, 4) is 0 Å². The van der Waals surface area contributed by atoms with Crippen molar-refractivity contribution < 1.29 is 14.3 Å². The molecule has 2 fully saturated rings. The average molecular weight is 393 g/mol. The van der Waals surface area contributed by atoms with E-state index in [1.807, 2.05) is 12.1 Å². The van der Waals surface area contributed by atoms with Crippen molar-refractivity contribution in [3.63, 3.8) is 0 Å². The van der Waals surface area contributed by atoms with Crippen LogP contribution in [0.25, 0.3) is 0 Å². The van der Waals surface area contributed by atoms with Crippen LogP contribution in [0.4, 0.5) is 5.82 Å². The Bertz CT molecular complexity index is 544. The van der Waals surface area contributed by atoms with Gasteiger partial charge in [0.2, 0.25) is 5.91 Å². The van der Waals surface area contributed by atoms with Crippen LogP contribution in [0, 0.1) is 0 Å². The van der Waals surface area contributed by atoms with E-state index in [1.165, 1.54) is 0 Å². The van der Waals surface area contributed by atoms with Gasteiger partial charge in [-0.3, -0.25) is 4.79 Å². The number of nitrogens with zero attached hydrogens (tertiary/aromatic N) is 2. The second-order valence-electron chi connectivity index (χ2n) is 5.86. The van der Waals surface area contributed by atoms with Crippen LogP contribution in [-0.2, 0) is 20.8 Å². The van der Waals surface area contributed by atoms with Crippen molar-refractivity contribution in [1.82, 2.24) is 10.3 Å². The third-order valence-electron chi connectivity index (χ3n) is 4.29. The number of rotatable bonds is 5. The van der Waals surface area contributed by atoms with Gasteiger partial charge >= 0.3 is 0 Å². The van der Waals surface area contributed by atoms with E-state index < -0.39 is 0 Å². The van der Waals surface area contributed by atoms with Crippen molar-refractivity contribution in [3.05, 3.63) is 23.9 Å². The maximum atomic E-state index is 12.2.